The van der Waals surface area contributed by atoms with E-state index in [1.165, 1.54) is 12.1 Å². The van der Waals surface area contributed by atoms with E-state index in [-0.39, 0.29) is 30.0 Å². The highest BCUT2D eigenvalue weighted by molar-refractivity contribution is 5.75. The van der Waals surface area contributed by atoms with Gasteiger partial charge < -0.3 is 15.7 Å². The van der Waals surface area contributed by atoms with Gasteiger partial charge in [0, 0.05) is 6.04 Å². The topological polar surface area (TPSA) is 61.4 Å². The first-order valence-corrected chi connectivity index (χ1v) is 8.15. The molecule has 0 heterocycles. The minimum absolute atomic E-state index is 0.117. The second-order valence-corrected chi connectivity index (χ2v) is 6.41. The van der Waals surface area contributed by atoms with Crippen LogP contribution in [0.15, 0.2) is 18.2 Å². The molecule has 0 bridgehead atoms. The first kappa shape index (κ1) is 15.3. The summed E-state index contributed by atoms with van der Waals surface area (Å²) in [5.74, 6) is -0.255. The van der Waals surface area contributed by atoms with Crippen molar-refractivity contribution in [3.05, 3.63) is 35.1 Å². The smallest absolute Gasteiger partial charge is 0.315 e. The summed E-state index contributed by atoms with van der Waals surface area (Å²) >= 11 is 0. The van der Waals surface area contributed by atoms with Gasteiger partial charge in [0.05, 0.1) is 12.1 Å². The molecule has 120 valence electrons. The maximum atomic E-state index is 13.5. The molecule has 1 saturated carbocycles. The summed E-state index contributed by atoms with van der Waals surface area (Å²) < 4.78 is 13.5. The number of urea groups is 1. The van der Waals surface area contributed by atoms with Crippen LogP contribution in [-0.2, 0) is 6.42 Å². The molecule has 1 unspecified atom stereocenters. The lowest BCUT2D eigenvalue weighted by molar-refractivity contribution is 0.117. The Hall–Kier alpha value is -1.62. The Morgan fingerprint density at radius 1 is 1.14 bits per heavy atom. The van der Waals surface area contributed by atoms with Gasteiger partial charge in [-0.2, -0.15) is 0 Å². The fraction of sp³-hybridized carbons (Fsp3) is 0.588. The largest absolute Gasteiger partial charge is 0.393 e. The molecule has 0 aromatic heterocycles. The Morgan fingerprint density at radius 2 is 1.91 bits per heavy atom. The molecule has 1 fully saturated rings. The Kier molecular flexibility index (Phi) is 4.62. The van der Waals surface area contributed by atoms with E-state index in [2.05, 4.69) is 10.6 Å². The molecular weight excluding hydrogens is 283 g/mol. The van der Waals surface area contributed by atoms with Gasteiger partial charge in [-0.25, -0.2) is 9.18 Å². The zero-order chi connectivity index (χ0) is 15.5. The number of hydrogen-bond donors (Lipinski definition) is 3. The van der Waals surface area contributed by atoms with Crippen LogP contribution < -0.4 is 10.6 Å². The minimum atomic E-state index is -0.255. The lowest BCUT2D eigenvalue weighted by atomic mass is 9.87. The molecule has 2 amide bonds. The standard InChI is InChI=1S/C17H23FN2O2/c18-12-5-4-11-2-1-3-16(15(11)10-12)20-17(22)19-13-6-8-14(21)9-7-13/h4-5,10,13-14,16,21H,1-3,6-9H2,(H2,19,20,22). The number of aliphatic hydroxyl groups is 1. The molecule has 1 aromatic rings. The average molecular weight is 306 g/mol. The van der Waals surface area contributed by atoms with Gasteiger partial charge in [-0.05, 0) is 68.2 Å². The molecule has 0 aliphatic heterocycles. The van der Waals surface area contributed by atoms with Crippen molar-refractivity contribution in [2.45, 2.75) is 63.1 Å². The highest BCUT2D eigenvalue weighted by Crippen LogP contribution is 2.30. The number of benzene rings is 1. The number of halogens is 1. The highest BCUT2D eigenvalue weighted by atomic mass is 19.1. The maximum absolute atomic E-state index is 13.5. The Bertz CT molecular complexity index is 541. The van der Waals surface area contributed by atoms with Crippen molar-refractivity contribution in [1.29, 1.82) is 0 Å². The number of carbonyl (C=O) groups is 1. The van der Waals surface area contributed by atoms with E-state index in [1.807, 2.05) is 6.07 Å². The van der Waals surface area contributed by atoms with E-state index in [4.69, 9.17) is 0 Å². The molecule has 1 aromatic carbocycles. The van der Waals surface area contributed by atoms with Crippen molar-refractivity contribution in [3.8, 4) is 0 Å². The van der Waals surface area contributed by atoms with Crippen molar-refractivity contribution in [2.75, 3.05) is 0 Å². The van der Waals surface area contributed by atoms with E-state index in [9.17, 15) is 14.3 Å². The Morgan fingerprint density at radius 3 is 2.68 bits per heavy atom. The molecule has 2 aliphatic rings. The van der Waals surface area contributed by atoms with Crippen molar-refractivity contribution >= 4 is 6.03 Å². The maximum Gasteiger partial charge on any atom is 0.315 e. The van der Waals surface area contributed by atoms with Gasteiger partial charge in [-0.15, -0.1) is 0 Å². The van der Waals surface area contributed by atoms with Gasteiger partial charge in [0.2, 0.25) is 0 Å². The number of rotatable bonds is 2. The summed E-state index contributed by atoms with van der Waals surface area (Å²) in [7, 11) is 0. The molecule has 2 aliphatic carbocycles. The Labute approximate surface area is 130 Å². The summed E-state index contributed by atoms with van der Waals surface area (Å²) in [6, 6.07) is 4.65. The third kappa shape index (κ3) is 3.58. The number of carbonyl (C=O) groups excluding carboxylic acids is 1. The number of amides is 2. The Balaban J connectivity index is 1.59. The fourth-order valence-corrected chi connectivity index (χ4v) is 3.53. The van der Waals surface area contributed by atoms with Crippen LogP contribution in [0.1, 0.15) is 55.7 Å². The lowest BCUT2D eigenvalue weighted by Crippen LogP contribution is -2.45. The van der Waals surface area contributed by atoms with Crippen LogP contribution in [0.25, 0.3) is 0 Å². The average Bonchev–Trinajstić information content (AvgIpc) is 2.50. The second kappa shape index (κ2) is 6.65. The van der Waals surface area contributed by atoms with Crippen molar-refractivity contribution in [3.63, 3.8) is 0 Å². The summed E-state index contributed by atoms with van der Waals surface area (Å²) in [4.78, 5) is 12.2. The molecule has 5 heteroatoms. The number of aliphatic hydroxyl groups excluding tert-OH is 1. The van der Waals surface area contributed by atoms with Gasteiger partial charge in [-0.3, -0.25) is 0 Å². The van der Waals surface area contributed by atoms with Crippen LogP contribution in [0, 0.1) is 5.82 Å². The first-order valence-electron chi connectivity index (χ1n) is 8.15. The summed E-state index contributed by atoms with van der Waals surface area (Å²) in [5, 5.41) is 15.5. The third-order valence-corrected chi connectivity index (χ3v) is 4.76. The molecule has 4 nitrogen and oxygen atoms in total. The third-order valence-electron chi connectivity index (χ3n) is 4.76. The van der Waals surface area contributed by atoms with Crippen molar-refractivity contribution < 1.29 is 14.3 Å². The van der Waals surface area contributed by atoms with Gasteiger partial charge in [0.15, 0.2) is 0 Å². The normalized spacial score (nSPS) is 27.8. The molecule has 22 heavy (non-hydrogen) atoms. The fourth-order valence-electron chi connectivity index (χ4n) is 3.53. The van der Waals surface area contributed by atoms with Gasteiger partial charge in [0.25, 0.3) is 0 Å². The second-order valence-electron chi connectivity index (χ2n) is 6.41. The van der Waals surface area contributed by atoms with E-state index in [0.29, 0.717) is 0 Å². The van der Waals surface area contributed by atoms with Crippen molar-refractivity contribution in [1.82, 2.24) is 10.6 Å². The number of hydrogen-bond acceptors (Lipinski definition) is 2. The van der Waals surface area contributed by atoms with Crippen LogP contribution in [0.4, 0.5) is 9.18 Å². The summed E-state index contributed by atoms with van der Waals surface area (Å²) in [6.45, 7) is 0. The van der Waals surface area contributed by atoms with Crippen LogP contribution >= 0.6 is 0 Å². The van der Waals surface area contributed by atoms with Gasteiger partial charge in [0.1, 0.15) is 5.82 Å². The SMILES string of the molecule is O=C(NC1CCC(O)CC1)NC1CCCc2ccc(F)cc21. The molecule has 3 N–H and O–H groups in total. The predicted octanol–water partition coefficient (Wildman–Crippen LogP) is 2.81. The van der Waals surface area contributed by atoms with E-state index in [1.54, 1.807) is 0 Å². The lowest BCUT2D eigenvalue weighted by Gasteiger charge is -2.29. The van der Waals surface area contributed by atoms with E-state index >= 15 is 0 Å². The molecule has 3 rings (SSSR count). The van der Waals surface area contributed by atoms with E-state index in [0.717, 1.165) is 56.1 Å². The number of nitrogens with one attached hydrogen (secondary N) is 2. The number of fused-ring (bicyclic) bond motifs is 1. The monoisotopic (exact) mass is 306 g/mol. The summed E-state index contributed by atoms with van der Waals surface area (Å²) in [6.07, 6.45) is 5.65. The molecule has 0 spiro atoms. The number of aryl methyl sites for hydroxylation is 1. The molecule has 0 radical (unpaired) electrons. The molecule has 1 atom stereocenters. The van der Waals surface area contributed by atoms with E-state index < -0.39 is 0 Å². The quantitative estimate of drug-likeness (QED) is 0.787. The van der Waals surface area contributed by atoms with Crippen LogP contribution in [-0.4, -0.2) is 23.3 Å². The summed E-state index contributed by atoms with van der Waals surface area (Å²) in [5.41, 5.74) is 2.03. The first-order chi connectivity index (χ1) is 10.6. The van der Waals surface area contributed by atoms with Crippen LogP contribution in [0.2, 0.25) is 0 Å². The van der Waals surface area contributed by atoms with Crippen molar-refractivity contribution in [2.24, 2.45) is 0 Å². The predicted molar refractivity (Wildman–Crippen MR) is 82.0 cm³/mol. The van der Waals surface area contributed by atoms with Crippen LogP contribution in [0.5, 0.6) is 0 Å². The molecule has 0 saturated heterocycles. The minimum Gasteiger partial charge on any atom is -0.393 e. The zero-order valence-electron chi connectivity index (χ0n) is 12.6. The highest BCUT2D eigenvalue weighted by Gasteiger charge is 2.25. The van der Waals surface area contributed by atoms with Gasteiger partial charge in [-0.1, -0.05) is 6.07 Å². The zero-order valence-corrected chi connectivity index (χ0v) is 12.6. The van der Waals surface area contributed by atoms with Crippen LogP contribution in [0.3, 0.4) is 0 Å². The molecular formula is C17H23FN2O2. The van der Waals surface area contributed by atoms with Gasteiger partial charge >= 0.3 is 6.03 Å².